The molecule has 1 aliphatic rings. The lowest BCUT2D eigenvalue weighted by Gasteiger charge is -2.29. The fourth-order valence-corrected chi connectivity index (χ4v) is 10.3. The molecule has 0 aromatic heterocycles. The van der Waals surface area contributed by atoms with Crippen molar-refractivity contribution in [3.8, 4) is 0 Å². The third-order valence-corrected chi connectivity index (χ3v) is 11.9. The quantitative estimate of drug-likeness (QED) is 0.452. The molecular formula is C26H26OP2. The Kier molecular flexibility index (Phi) is 6.60. The first-order valence-electron chi connectivity index (χ1n) is 10.1. The molecule has 1 nitrogen and oxygen atoms in total. The van der Waals surface area contributed by atoms with Crippen LogP contribution in [-0.4, -0.2) is 18.0 Å². The van der Waals surface area contributed by atoms with Gasteiger partial charge in [-0.25, -0.2) is 0 Å². The fraction of sp³-hybridized carbons (Fsp3) is 0.154. The van der Waals surface area contributed by atoms with E-state index in [1.807, 2.05) is 18.2 Å². The highest BCUT2D eigenvalue weighted by atomic mass is 31.2. The largest absolute Gasteiger partial charge is 0.318 e. The van der Waals surface area contributed by atoms with Gasteiger partial charge in [0.15, 0.2) is 0 Å². The molecule has 0 N–H and O–H groups in total. The van der Waals surface area contributed by atoms with Crippen molar-refractivity contribution in [3.05, 3.63) is 115 Å². The average molecular weight is 416 g/mol. The smallest absolute Gasteiger partial charge is 0.122 e. The minimum Gasteiger partial charge on any atom is -0.318 e. The van der Waals surface area contributed by atoms with E-state index in [0.29, 0.717) is 0 Å². The summed E-state index contributed by atoms with van der Waals surface area (Å²) in [6.07, 6.45) is 10.9. The van der Waals surface area contributed by atoms with Crippen molar-refractivity contribution < 1.29 is 4.57 Å². The van der Waals surface area contributed by atoms with Gasteiger partial charge in [-0.3, -0.25) is 0 Å². The minimum absolute atomic E-state index is 0.0956. The summed E-state index contributed by atoms with van der Waals surface area (Å²) in [5.74, 6) is 0. The summed E-state index contributed by atoms with van der Waals surface area (Å²) in [4.78, 5) is 0. The van der Waals surface area contributed by atoms with Gasteiger partial charge in [0, 0.05) is 17.1 Å². The normalized spacial score (nSPS) is 17.9. The predicted molar refractivity (Wildman–Crippen MR) is 129 cm³/mol. The number of hydrogen-bond donors (Lipinski definition) is 0. The summed E-state index contributed by atoms with van der Waals surface area (Å²) in [6.45, 7) is 0. The van der Waals surface area contributed by atoms with Crippen LogP contribution < -0.4 is 15.9 Å². The van der Waals surface area contributed by atoms with Crippen LogP contribution in [0.5, 0.6) is 0 Å². The summed E-state index contributed by atoms with van der Waals surface area (Å²) in [5.41, 5.74) is 0.0956. The van der Waals surface area contributed by atoms with Crippen molar-refractivity contribution in [1.82, 2.24) is 0 Å². The van der Waals surface area contributed by atoms with E-state index in [4.69, 9.17) is 0 Å². The maximum atomic E-state index is 14.5. The Labute approximate surface area is 175 Å². The fourth-order valence-electron chi connectivity index (χ4n) is 3.92. The van der Waals surface area contributed by atoms with Crippen LogP contribution in [0.2, 0.25) is 0 Å². The molecule has 0 fully saturated rings. The van der Waals surface area contributed by atoms with Crippen molar-refractivity contribution in [2.24, 2.45) is 0 Å². The second-order valence-corrected chi connectivity index (χ2v) is 12.8. The SMILES string of the molecule is O=P(CCP(c1ccccc1)c1ccccc1)(c1ccccc1)C1C=CC=CC1. The Morgan fingerprint density at radius 2 is 1.31 bits per heavy atom. The molecule has 3 heteroatoms. The minimum atomic E-state index is -2.56. The van der Waals surface area contributed by atoms with Gasteiger partial charge in [0.05, 0.1) is 0 Å². The van der Waals surface area contributed by atoms with Crippen molar-refractivity contribution in [2.45, 2.75) is 12.1 Å². The third kappa shape index (κ3) is 4.69. The monoisotopic (exact) mass is 416 g/mol. The molecule has 0 spiro atoms. The van der Waals surface area contributed by atoms with Crippen molar-refractivity contribution in [2.75, 3.05) is 12.3 Å². The van der Waals surface area contributed by atoms with E-state index in [0.717, 1.165) is 24.0 Å². The second-order valence-electron chi connectivity index (χ2n) is 7.29. The van der Waals surface area contributed by atoms with Gasteiger partial charge in [-0.2, -0.15) is 0 Å². The predicted octanol–water partition coefficient (Wildman–Crippen LogP) is 5.69. The van der Waals surface area contributed by atoms with Gasteiger partial charge in [0.2, 0.25) is 0 Å². The molecule has 0 saturated heterocycles. The van der Waals surface area contributed by atoms with Gasteiger partial charge in [-0.05, 0) is 31.1 Å². The summed E-state index contributed by atoms with van der Waals surface area (Å²) >= 11 is 0. The van der Waals surface area contributed by atoms with Crippen LogP contribution in [0.4, 0.5) is 0 Å². The van der Waals surface area contributed by atoms with Gasteiger partial charge in [0.25, 0.3) is 0 Å². The first-order chi connectivity index (χ1) is 14.3. The number of allylic oxidation sites excluding steroid dienone is 4. The second kappa shape index (κ2) is 9.53. The third-order valence-electron chi connectivity index (χ3n) is 5.48. The van der Waals surface area contributed by atoms with Crippen LogP contribution in [0.15, 0.2) is 115 Å². The molecule has 2 atom stereocenters. The standard InChI is InChI=1S/C26H26OP2/c27-29(25-17-9-3-10-18-25,26-19-11-4-12-20-26)22-21-28(23-13-5-1-6-14-23)24-15-7-2-8-16-24/h1-19,26H,20-22H2. The lowest BCUT2D eigenvalue weighted by Crippen LogP contribution is -2.23. The molecule has 29 heavy (non-hydrogen) atoms. The Hall–Kier alpha value is -2.20. The van der Waals surface area contributed by atoms with Gasteiger partial charge in [-0.1, -0.05) is 115 Å². The van der Waals surface area contributed by atoms with E-state index in [1.54, 1.807) is 0 Å². The van der Waals surface area contributed by atoms with E-state index in [1.165, 1.54) is 10.6 Å². The first kappa shape index (κ1) is 20.1. The zero-order valence-corrected chi connectivity index (χ0v) is 18.3. The molecule has 146 valence electrons. The molecule has 1 aliphatic carbocycles. The Bertz CT molecular complexity index is 971. The zero-order valence-electron chi connectivity index (χ0n) is 16.5. The molecule has 3 aromatic rings. The van der Waals surface area contributed by atoms with Crippen LogP contribution in [0, 0.1) is 0 Å². The van der Waals surface area contributed by atoms with Gasteiger partial charge in [-0.15, -0.1) is 0 Å². The van der Waals surface area contributed by atoms with Crippen LogP contribution in [0.3, 0.4) is 0 Å². The Balaban J connectivity index is 1.67. The zero-order chi connectivity index (χ0) is 19.9. The molecule has 3 aromatic carbocycles. The molecule has 0 radical (unpaired) electrons. The van der Waals surface area contributed by atoms with Gasteiger partial charge in [0.1, 0.15) is 7.14 Å². The number of hydrogen-bond acceptors (Lipinski definition) is 1. The van der Waals surface area contributed by atoms with Crippen molar-refractivity contribution in [3.63, 3.8) is 0 Å². The van der Waals surface area contributed by atoms with E-state index in [-0.39, 0.29) is 5.66 Å². The summed E-state index contributed by atoms with van der Waals surface area (Å²) in [6, 6.07) is 31.6. The summed E-state index contributed by atoms with van der Waals surface area (Å²) < 4.78 is 14.5. The summed E-state index contributed by atoms with van der Waals surface area (Å²) in [7, 11) is -3.10. The number of rotatable bonds is 7. The van der Waals surface area contributed by atoms with E-state index >= 15 is 0 Å². The molecule has 0 heterocycles. The lowest BCUT2D eigenvalue weighted by molar-refractivity contribution is 0.576. The number of benzene rings is 3. The van der Waals surface area contributed by atoms with E-state index in [9.17, 15) is 4.57 Å². The molecule has 0 saturated carbocycles. The molecule has 2 unspecified atom stereocenters. The van der Waals surface area contributed by atoms with E-state index in [2.05, 4.69) is 97.1 Å². The first-order valence-corrected chi connectivity index (χ1v) is 13.6. The maximum absolute atomic E-state index is 14.5. The molecule has 0 amide bonds. The Morgan fingerprint density at radius 3 is 1.83 bits per heavy atom. The average Bonchev–Trinajstić information content (AvgIpc) is 2.81. The van der Waals surface area contributed by atoms with E-state index < -0.39 is 15.1 Å². The molecule has 0 bridgehead atoms. The molecular weight excluding hydrogens is 390 g/mol. The summed E-state index contributed by atoms with van der Waals surface area (Å²) in [5, 5.41) is 3.72. The van der Waals surface area contributed by atoms with Crippen molar-refractivity contribution in [1.29, 1.82) is 0 Å². The van der Waals surface area contributed by atoms with Gasteiger partial charge < -0.3 is 4.57 Å². The van der Waals surface area contributed by atoms with Crippen LogP contribution in [0.1, 0.15) is 6.42 Å². The Morgan fingerprint density at radius 1 is 0.759 bits per heavy atom. The highest BCUT2D eigenvalue weighted by molar-refractivity contribution is 7.76. The topological polar surface area (TPSA) is 17.1 Å². The molecule has 0 aliphatic heterocycles. The van der Waals surface area contributed by atoms with Crippen LogP contribution in [0.25, 0.3) is 0 Å². The highest BCUT2D eigenvalue weighted by Crippen LogP contribution is 2.54. The van der Waals surface area contributed by atoms with Gasteiger partial charge >= 0.3 is 0 Å². The van der Waals surface area contributed by atoms with Crippen LogP contribution >= 0.6 is 15.1 Å². The van der Waals surface area contributed by atoms with Crippen molar-refractivity contribution >= 4 is 31.0 Å². The van der Waals surface area contributed by atoms with Crippen LogP contribution in [-0.2, 0) is 4.57 Å². The molecule has 4 rings (SSSR count). The highest BCUT2D eigenvalue weighted by Gasteiger charge is 2.33. The maximum Gasteiger partial charge on any atom is 0.122 e. The lowest BCUT2D eigenvalue weighted by atomic mass is 10.2.